The summed E-state index contributed by atoms with van der Waals surface area (Å²) in [4.78, 5) is 83.3. The molecule has 0 aromatic carbocycles. The van der Waals surface area contributed by atoms with Crippen LogP contribution in [0.4, 0.5) is 0 Å². The van der Waals surface area contributed by atoms with Gasteiger partial charge in [-0.05, 0) is 59.4 Å². The molecule has 0 bridgehead atoms. The number of H-pyrrole nitrogens is 2. The van der Waals surface area contributed by atoms with Gasteiger partial charge < -0.3 is 48.3 Å². The number of aromatic amines is 2. The van der Waals surface area contributed by atoms with Crippen LogP contribution in [0.5, 0.6) is 0 Å². The third kappa shape index (κ3) is 23.5. The van der Waals surface area contributed by atoms with Gasteiger partial charge in [0, 0.05) is 61.4 Å². The van der Waals surface area contributed by atoms with Crippen molar-refractivity contribution in [3.8, 4) is 22.3 Å². The van der Waals surface area contributed by atoms with Crippen LogP contribution < -0.4 is 19.8 Å². The molecule has 0 aliphatic carbocycles. The summed E-state index contributed by atoms with van der Waals surface area (Å²) >= 11 is 0. The zero-order valence-corrected chi connectivity index (χ0v) is 27.9. The number of aromatic nitrogens is 4. The molecule has 2 atom stereocenters. The molecule has 20 heteroatoms. The molecule has 0 amide bonds. The molecule has 4 heterocycles. The zero-order chi connectivity index (χ0) is 34.7. The minimum atomic E-state index is -4.35. The first-order valence-electron chi connectivity index (χ1n) is 13.2. The third-order valence-electron chi connectivity index (χ3n) is 5.24. The van der Waals surface area contributed by atoms with Gasteiger partial charge in [0.05, 0.1) is 12.3 Å². The van der Waals surface area contributed by atoms with E-state index < -0.39 is 55.0 Å². The summed E-state index contributed by atoms with van der Waals surface area (Å²) in [6.45, 7) is 0. The van der Waals surface area contributed by atoms with E-state index in [1.54, 1.807) is 24.8 Å². The molecule has 4 rings (SSSR count). The largest absolute Gasteiger partial charge is 0.779 e. The van der Waals surface area contributed by atoms with Crippen LogP contribution in [0, 0.1) is 0 Å². The fraction of sp³-hybridized carbons (Fsp3) is 0.231. The van der Waals surface area contributed by atoms with E-state index in [2.05, 4.69) is 19.9 Å². The van der Waals surface area contributed by atoms with Crippen molar-refractivity contribution in [1.29, 1.82) is 0 Å². The van der Waals surface area contributed by atoms with E-state index in [0.717, 1.165) is 0 Å². The Labute approximate surface area is 265 Å². The molecule has 0 saturated carbocycles. The molecule has 0 spiro atoms. The molecule has 0 aliphatic rings. The van der Waals surface area contributed by atoms with Gasteiger partial charge >= 0.3 is 15.2 Å². The normalized spacial score (nSPS) is 13.6. The molecule has 0 radical (unpaired) electrons. The van der Waals surface area contributed by atoms with E-state index in [1.165, 1.54) is 22.3 Å². The lowest BCUT2D eigenvalue weighted by Gasteiger charge is -2.14. The molecular formula is C26H36N4O12P4. The van der Waals surface area contributed by atoms with Crippen LogP contribution in [0.1, 0.15) is 12.8 Å². The lowest BCUT2D eigenvalue weighted by Crippen LogP contribution is -2.04. The topological polar surface area (TPSA) is 290 Å². The minimum absolute atomic E-state index is 0.221. The minimum Gasteiger partial charge on any atom is -0.779 e. The van der Waals surface area contributed by atoms with E-state index in [0.29, 0.717) is 0 Å². The van der Waals surface area contributed by atoms with Gasteiger partial charge in [-0.2, -0.15) is 0 Å². The van der Waals surface area contributed by atoms with Crippen molar-refractivity contribution in [3.05, 3.63) is 98.1 Å². The SMILES string of the molecule is O=P([O-])(O)CCCP(=O)(O)O.O=P([O-])(O)CCCP(=O)(O)O.c1cc(-c2cc[nH+]cc2)ccn1.c1cc(-c2cc[nH+]cc2)ccn1. The number of rotatable bonds is 10. The van der Waals surface area contributed by atoms with E-state index >= 15 is 0 Å². The summed E-state index contributed by atoms with van der Waals surface area (Å²) in [5.41, 5.74) is 4.80. The van der Waals surface area contributed by atoms with Gasteiger partial charge in [0.15, 0.2) is 24.8 Å². The average molecular weight is 720 g/mol. The maximum Gasteiger partial charge on any atom is 0.325 e. The summed E-state index contributed by atoms with van der Waals surface area (Å²) in [6.07, 6.45) is 12.2. The Balaban J connectivity index is 0.000000307. The average Bonchev–Trinajstić information content (AvgIpc) is 2.97. The highest BCUT2D eigenvalue weighted by molar-refractivity contribution is 7.52. The quantitative estimate of drug-likeness (QED) is 0.126. The van der Waals surface area contributed by atoms with Crippen LogP contribution in [0.15, 0.2) is 98.1 Å². The van der Waals surface area contributed by atoms with Crippen LogP contribution in [-0.2, 0) is 18.3 Å². The molecule has 4 aromatic heterocycles. The lowest BCUT2D eigenvalue weighted by molar-refractivity contribution is -0.378. The zero-order valence-electron chi connectivity index (χ0n) is 24.3. The number of hydrogen-bond donors (Lipinski definition) is 6. The van der Waals surface area contributed by atoms with Crippen LogP contribution in [0.25, 0.3) is 22.3 Å². The van der Waals surface area contributed by atoms with E-state index in [1.807, 2.05) is 73.3 Å². The van der Waals surface area contributed by atoms with E-state index in [9.17, 15) is 28.0 Å². The molecular weight excluding hydrogens is 684 g/mol. The van der Waals surface area contributed by atoms with Crippen molar-refractivity contribution in [2.24, 2.45) is 0 Å². The molecule has 0 saturated heterocycles. The first-order valence-corrected chi connectivity index (χ1v) is 20.3. The highest BCUT2D eigenvalue weighted by Crippen LogP contribution is 2.39. The summed E-state index contributed by atoms with van der Waals surface area (Å²) < 4.78 is 40.4. The van der Waals surface area contributed by atoms with Crippen LogP contribution >= 0.6 is 30.4 Å². The third-order valence-corrected chi connectivity index (χ3v) is 8.80. The van der Waals surface area contributed by atoms with Gasteiger partial charge in [0.2, 0.25) is 0 Å². The van der Waals surface area contributed by atoms with Crippen molar-refractivity contribution in [1.82, 2.24) is 9.97 Å². The number of hydrogen-bond acceptors (Lipinski definition) is 8. The van der Waals surface area contributed by atoms with Gasteiger partial charge in [-0.15, -0.1) is 0 Å². The summed E-state index contributed by atoms with van der Waals surface area (Å²) in [5, 5.41) is 0. The lowest BCUT2D eigenvalue weighted by atomic mass is 10.1. The number of pyridine rings is 4. The Morgan fingerprint density at radius 2 is 0.739 bits per heavy atom. The standard InChI is InChI=1S/2C10H8N2.2C3H10O6P2/c2*1-5-11-6-2-9(1)10-3-7-12-8-4-10;2*4-10(5,6)2-1-3-11(7,8)9/h2*1-8H;2*1-3H2,(H2,4,5,6)(H2,7,8,9). The number of nitrogens with one attached hydrogen (secondary N) is 2. The fourth-order valence-corrected chi connectivity index (χ4v) is 5.95. The first-order chi connectivity index (χ1) is 21.3. The van der Waals surface area contributed by atoms with Gasteiger partial charge in [-0.3, -0.25) is 19.1 Å². The Kier molecular flexibility index (Phi) is 18.3. The van der Waals surface area contributed by atoms with Crippen molar-refractivity contribution in [3.63, 3.8) is 0 Å². The van der Waals surface area contributed by atoms with Crippen molar-refractivity contribution >= 4 is 30.4 Å². The van der Waals surface area contributed by atoms with E-state index in [4.69, 9.17) is 29.4 Å². The highest BCUT2D eigenvalue weighted by atomic mass is 31.2. The van der Waals surface area contributed by atoms with E-state index in [-0.39, 0.29) is 12.8 Å². The second kappa shape index (κ2) is 20.4. The monoisotopic (exact) mass is 720 g/mol. The molecule has 16 nitrogen and oxygen atoms in total. The molecule has 8 N–H and O–H groups in total. The van der Waals surface area contributed by atoms with Gasteiger partial charge in [0.1, 0.15) is 15.2 Å². The first kappa shape index (κ1) is 41.2. The molecule has 2 unspecified atom stereocenters. The summed E-state index contributed by atoms with van der Waals surface area (Å²) in [7, 11) is -16.9. The van der Waals surface area contributed by atoms with Crippen LogP contribution in [-0.4, -0.2) is 64.0 Å². The smallest absolute Gasteiger partial charge is 0.325 e. The second-order valence-corrected chi connectivity index (χ2v) is 16.3. The molecule has 0 fully saturated rings. The van der Waals surface area contributed by atoms with Gasteiger partial charge in [-0.1, -0.05) is 0 Å². The van der Waals surface area contributed by atoms with Gasteiger partial charge in [-0.25, -0.2) is 9.97 Å². The highest BCUT2D eigenvalue weighted by Gasteiger charge is 2.14. The predicted octanol–water partition coefficient (Wildman–Crippen LogP) is 1.33. The van der Waals surface area contributed by atoms with Crippen molar-refractivity contribution < 1.29 is 67.4 Å². The summed E-state index contributed by atoms with van der Waals surface area (Å²) in [5.74, 6) is 0. The predicted molar refractivity (Wildman–Crippen MR) is 165 cm³/mol. The number of nitrogens with zero attached hydrogens (tertiary/aromatic N) is 2. The summed E-state index contributed by atoms with van der Waals surface area (Å²) in [6, 6.07) is 16.1. The second-order valence-electron chi connectivity index (χ2n) is 9.25. The molecule has 0 aliphatic heterocycles. The van der Waals surface area contributed by atoms with Crippen molar-refractivity contribution in [2.45, 2.75) is 12.8 Å². The maximum atomic E-state index is 10.1. The Bertz CT molecular complexity index is 1340. The van der Waals surface area contributed by atoms with Crippen molar-refractivity contribution in [2.75, 3.05) is 24.6 Å². The maximum absolute atomic E-state index is 10.1. The van der Waals surface area contributed by atoms with Crippen LogP contribution in [0.2, 0.25) is 0 Å². The molecule has 4 aromatic rings. The Morgan fingerprint density at radius 1 is 0.478 bits per heavy atom. The Hall–Kier alpha value is -2.80. The van der Waals surface area contributed by atoms with Crippen LogP contribution in [0.3, 0.4) is 0 Å². The molecule has 252 valence electrons. The Morgan fingerprint density at radius 3 is 0.978 bits per heavy atom. The van der Waals surface area contributed by atoms with Gasteiger partial charge in [0.25, 0.3) is 0 Å². The molecule has 46 heavy (non-hydrogen) atoms. The fourth-order valence-electron chi connectivity index (χ4n) is 3.20.